The zero-order valence-corrected chi connectivity index (χ0v) is 14.6. The van der Waals surface area contributed by atoms with Crippen molar-refractivity contribution < 1.29 is 4.74 Å². The van der Waals surface area contributed by atoms with Crippen LogP contribution in [0.3, 0.4) is 0 Å². The Morgan fingerprint density at radius 2 is 2.30 bits per heavy atom. The second kappa shape index (κ2) is 6.58. The lowest BCUT2D eigenvalue weighted by atomic mass is 10.1. The molecule has 0 aromatic carbocycles. The number of hydrogen-bond donors (Lipinski definition) is 0. The Morgan fingerprint density at radius 1 is 1.55 bits per heavy atom. The van der Waals surface area contributed by atoms with Gasteiger partial charge in [-0.15, -0.1) is 0 Å². The van der Waals surface area contributed by atoms with Gasteiger partial charge in [-0.05, 0) is 33.3 Å². The summed E-state index contributed by atoms with van der Waals surface area (Å²) in [5, 5.41) is 5.58. The van der Waals surface area contributed by atoms with Crippen molar-refractivity contribution in [1.82, 2.24) is 14.7 Å². The minimum Gasteiger partial charge on any atom is -0.369 e. The second-order valence-electron chi connectivity index (χ2n) is 6.37. The van der Waals surface area contributed by atoms with Gasteiger partial charge in [-0.25, -0.2) is 0 Å². The van der Waals surface area contributed by atoms with Gasteiger partial charge in [0.25, 0.3) is 0 Å². The Kier molecular flexibility index (Phi) is 5.26. The highest BCUT2D eigenvalue weighted by molar-refractivity contribution is 9.09. The van der Waals surface area contributed by atoms with Crippen LogP contribution in [0.15, 0.2) is 12.3 Å². The summed E-state index contributed by atoms with van der Waals surface area (Å²) in [6.45, 7) is 11.5. The molecule has 0 saturated carbocycles. The molecular weight excluding hydrogens is 318 g/mol. The van der Waals surface area contributed by atoms with Gasteiger partial charge in [-0.2, -0.15) is 5.10 Å². The third-order valence-corrected chi connectivity index (χ3v) is 4.54. The molecule has 0 N–H and O–H groups in total. The van der Waals surface area contributed by atoms with E-state index in [1.165, 1.54) is 0 Å². The minimum absolute atomic E-state index is 0.0873. The van der Waals surface area contributed by atoms with E-state index in [9.17, 15) is 0 Å². The molecule has 1 aliphatic heterocycles. The third kappa shape index (κ3) is 4.06. The molecule has 2 unspecified atom stereocenters. The van der Waals surface area contributed by atoms with E-state index >= 15 is 0 Å². The summed E-state index contributed by atoms with van der Waals surface area (Å²) < 4.78 is 8.11. The van der Waals surface area contributed by atoms with E-state index in [1.807, 2.05) is 0 Å². The predicted molar refractivity (Wildman–Crippen MR) is 85.3 cm³/mol. The predicted octanol–water partition coefficient (Wildman–Crippen LogP) is 3.23. The Morgan fingerprint density at radius 3 is 2.95 bits per heavy atom. The van der Waals surface area contributed by atoms with Gasteiger partial charge in [-0.1, -0.05) is 22.9 Å². The number of hydrogen-bond acceptors (Lipinski definition) is 3. The molecule has 0 amide bonds. The molecule has 0 bridgehead atoms. The maximum atomic E-state index is 6.04. The highest BCUT2D eigenvalue weighted by Gasteiger charge is 2.32. The van der Waals surface area contributed by atoms with Crippen molar-refractivity contribution >= 4 is 15.9 Å². The Balaban J connectivity index is 2.00. The van der Waals surface area contributed by atoms with Crippen LogP contribution in [0.25, 0.3) is 0 Å². The maximum Gasteiger partial charge on any atom is 0.0806 e. The van der Waals surface area contributed by atoms with Gasteiger partial charge in [-0.3, -0.25) is 9.58 Å². The van der Waals surface area contributed by atoms with Crippen LogP contribution in [0.2, 0.25) is 0 Å². The van der Waals surface area contributed by atoms with Gasteiger partial charge in [0.2, 0.25) is 0 Å². The molecule has 2 atom stereocenters. The molecule has 1 aliphatic rings. The molecular formula is C15H26BrN3O. The van der Waals surface area contributed by atoms with Crippen molar-refractivity contribution in [3.8, 4) is 0 Å². The summed E-state index contributed by atoms with van der Waals surface area (Å²) in [4.78, 5) is 2.44. The topological polar surface area (TPSA) is 30.3 Å². The first-order valence-electron chi connectivity index (χ1n) is 7.43. The zero-order valence-electron chi connectivity index (χ0n) is 13.0. The fraction of sp³-hybridized carbons (Fsp3) is 0.800. The van der Waals surface area contributed by atoms with E-state index in [0.29, 0.717) is 6.04 Å². The Hall–Kier alpha value is -0.390. The third-order valence-electron chi connectivity index (χ3n) is 3.82. The van der Waals surface area contributed by atoms with E-state index in [1.54, 1.807) is 0 Å². The lowest BCUT2D eigenvalue weighted by molar-refractivity contribution is -0.128. The van der Waals surface area contributed by atoms with Crippen molar-refractivity contribution in [1.29, 1.82) is 0 Å². The summed E-state index contributed by atoms with van der Waals surface area (Å²) >= 11 is 3.54. The summed E-state index contributed by atoms with van der Waals surface area (Å²) in [5.74, 6) is 0. The van der Waals surface area contributed by atoms with Crippen LogP contribution in [0.4, 0.5) is 0 Å². The van der Waals surface area contributed by atoms with Gasteiger partial charge < -0.3 is 4.74 Å². The van der Waals surface area contributed by atoms with Crippen LogP contribution in [-0.4, -0.2) is 44.8 Å². The fourth-order valence-electron chi connectivity index (χ4n) is 2.74. The van der Waals surface area contributed by atoms with E-state index in [0.717, 1.165) is 37.1 Å². The fourth-order valence-corrected chi connectivity index (χ4v) is 3.08. The molecule has 0 radical (unpaired) electrons. The quantitative estimate of drug-likeness (QED) is 0.769. The van der Waals surface area contributed by atoms with Gasteiger partial charge in [0.15, 0.2) is 0 Å². The molecule has 4 nitrogen and oxygen atoms in total. The first-order valence-corrected chi connectivity index (χ1v) is 8.56. The van der Waals surface area contributed by atoms with Crippen molar-refractivity contribution in [2.45, 2.75) is 58.4 Å². The van der Waals surface area contributed by atoms with Crippen LogP contribution in [0.1, 0.15) is 45.9 Å². The number of rotatable bonds is 5. The van der Waals surface area contributed by atoms with Gasteiger partial charge >= 0.3 is 0 Å². The van der Waals surface area contributed by atoms with Gasteiger partial charge in [0.1, 0.15) is 0 Å². The standard InChI is InChI=1S/C15H26BrN3O/c1-5-12(2)19-7-6-13(17-19)9-18-10-14(8-16)20-15(3,4)11-18/h6-7,12,14H,5,8-11H2,1-4H3. The molecule has 0 spiro atoms. The Bertz CT molecular complexity index is 433. The summed E-state index contributed by atoms with van der Waals surface area (Å²) in [7, 11) is 0. The molecule has 2 heterocycles. The lowest BCUT2D eigenvalue weighted by Crippen LogP contribution is -2.52. The molecule has 2 rings (SSSR count). The van der Waals surface area contributed by atoms with Gasteiger partial charge in [0, 0.05) is 37.2 Å². The van der Waals surface area contributed by atoms with E-state index in [4.69, 9.17) is 9.84 Å². The van der Waals surface area contributed by atoms with Crippen molar-refractivity contribution in [2.75, 3.05) is 18.4 Å². The van der Waals surface area contributed by atoms with Crippen LogP contribution < -0.4 is 0 Å². The number of alkyl halides is 1. The first-order chi connectivity index (χ1) is 9.43. The van der Waals surface area contributed by atoms with Crippen LogP contribution in [0.5, 0.6) is 0 Å². The largest absolute Gasteiger partial charge is 0.369 e. The number of aromatic nitrogens is 2. The van der Waals surface area contributed by atoms with Crippen molar-refractivity contribution in [3.05, 3.63) is 18.0 Å². The number of nitrogens with zero attached hydrogens (tertiary/aromatic N) is 3. The molecule has 1 aromatic rings. The van der Waals surface area contributed by atoms with E-state index in [-0.39, 0.29) is 11.7 Å². The van der Waals surface area contributed by atoms with Crippen molar-refractivity contribution in [2.24, 2.45) is 0 Å². The van der Waals surface area contributed by atoms with Crippen LogP contribution >= 0.6 is 15.9 Å². The summed E-state index contributed by atoms with van der Waals surface area (Å²) in [6, 6.07) is 2.61. The SMILES string of the molecule is CCC(C)n1ccc(CN2CC(CBr)OC(C)(C)C2)n1. The average Bonchev–Trinajstić information content (AvgIpc) is 2.84. The zero-order chi connectivity index (χ0) is 14.8. The molecule has 1 fully saturated rings. The molecule has 1 saturated heterocycles. The Labute approximate surface area is 130 Å². The monoisotopic (exact) mass is 343 g/mol. The molecule has 20 heavy (non-hydrogen) atoms. The second-order valence-corrected chi connectivity index (χ2v) is 7.02. The highest BCUT2D eigenvalue weighted by atomic mass is 79.9. The highest BCUT2D eigenvalue weighted by Crippen LogP contribution is 2.23. The van der Waals surface area contributed by atoms with Crippen LogP contribution in [-0.2, 0) is 11.3 Å². The smallest absolute Gasteiger partial charge is 0.0806 e. The maximum absolute atomic E-state index is 6.04. The summed E-state index contributed by atoms with van der Waals surface area (Å²) in [5.41, 5.74) is 1.06. The number of ether oxygens (including phenoxy) is 1. The minimum atomic E-state index is -0.0873. The molecule has 5 heteroatoms. The molecule has 0 aliphatic carbocycles. The first kappa shape index (κ1) is 16.0. The molecule has 1 aromatic heterocycles. The van der Waals surface area contributed by atoms with E-state index < -0.39 is 0 Å². The summed E-state index contributed by atoms with van der Waals surface area (Å²) in [6.07, 6.45) is 3.46. The average molecular weight is 344 g/mol. The number of halogens is 1. The van der Waals surface area contributed by atoms with E-state index in [2.05, 4.69) is 65.5 Å². The van der Waals surface area contributed by atoms with Crippen LogP contribution in [0, 0.1) is 0 Å². The lowest BCUT2D eigenvalue weighted by Gasteiger charge is -2.42. The number of morpholine rings is 1. The van der Waals surface area contributed by atoms with Gasteiger partial charge in [0.05, 0.1) is 17.4 Å². The normalized spacial score (nSPS) is 24.8. The molecule has 114 valence electrons. The van der Waals surface area contributed by atoms with Crippen molar-refractivity contribution in [3.63, 3.8) is 0 Å².